The quantitative estimate of drug-likeness (QED) is 0.564. The molecular formula is C13H17N3O4. The molecule has 1 heterocycles. The summed E-state index contributed by atoms with van der Waals surface area (Å²) in [7, 11) is 0. The number of benzene rings is 1. The summed E-state index contributed by atoms with van der Waals surface area (Å²) < 4.78 is 5.11. The van der Waals surface area contributed by atoms with E-state index in [1.807, 2.05) is 0 Å². The van der Waals surface area contributed by atoms with Crippen molar-refractivity contribution in [2.75, 3.05) is 18.5 Å². The molecule has 20 heavy (non-hydrogen) atoms. The highest BCUT2D eigenvalue weighted by Gasteiger charge is 2.27. The van der Waals surface area contributed by atoms with E-state index in [0.29, 0.717) is 24.4 Å². The van der Waals surface area contributed by atoms with Crippen LogP contribution < -0.4 is 21.1 Å². The lowest BCUT2D eigenvalue weighted by Gasteiger charge is -2.11. The van der Waals surface area contributed by atoms with Gasteiger partial charge < -0.3 is 26.2 Å². The molecule has 0 bridgehead atoms. The number of amides is 2. The molecule has 0 spiro atoms. The number of aliphatic hydroxyl groups is 1. The second-order valence-electron chi connectivity index (χ2n) is 4.62. The molecule has 0 aromatic heterocycles. The van der Waals surface area contributed by atoms with Crippen LogP contribution in [0.3, 0.4) is 0 Å². The van der Waals surface area contributed by atoms with Crippen molar-refractivity contribution in [2.24, 2.45) is 5.73 Å². The summed E-state index contributed by atoms with van der Waals surface area (Å²) in [5.41, 5.74) is 5.58. The number of hydrogen-bond donors (Lipinski definition) is 4. The van der Waals surface area contributed by atoms with E-state index < -0.39 is 12.0 Å². The second-order valence-corrected chi connectivity index (χ2v) is 4.62. The molecule has 1 aromatic carbocycles. The first-order valence-corrected chi connectivity index (χ1v) is 6.28. The minimum Gasteiger partial charge on any atom is -0.484 e. The molecule has 2 amide bonds. The number of nitrogens with two attached hydrogens (primary N) is 1. The summed E-state index contributed by atoms with van der Waals surface area (Å²) in [5.74, 6) is -0.239. The number of aliphatic hydroxyl groups excluding tert-OH is 1. The van der Waals surface area contributed by atoms with Crippen molar-refractivity contribution >= 4 is 17.5 Å². The Bertz CT molecular complexity index is 489. The molecule has 1 saturated heterocycles. The third-order valence-electron chi connectivity index (χ3n) is 2.93. The van der Waals surface area contributed by atoms with E-state index in [4.69, 9.17) is 10.5 Å². The SMILES string of the molecule is NC(=O)COc1ccc(NC(=O)C2CC(O)CN2)cc1. The van der Waals surface area contributed by atoms with E-state index in [2.05, 4.69) is 10.6 Å². The Balaban J connectivity index is 1.87. The van der Waals surface area contributed by atoms with Gasteiger partial charge in [0.25, 0.3) is 5.91 Å². The van der Waals surface area contributed by atoms with Gasteiger partial charge in [-0.1, -0.05) is 0 Å². The first-order valence-electron chi connectivity index (χ1n) is 6.28. The normalized spacial score (nSPS) is 21.4. The summed E-state index contributed by atoms with van der Waals surface area (Å²) in [6.07, 6.45) is -0.0682. The van der Waals surface area contributed by atoms with Gasteiger partial charge in [0.2, 0.25) is 5.91 Å². The monoisotopic (exact) mass is 279 g/mol. The van der Waals surface area contributed by atoms with E-state index >= 15 is 0 Å². The third kappa shape index (κ3) is 3.94. The molecular weight excluding hydrogens is 262 g/mol. The standard InChI is InChI=1S/C13H17N3O4/c14-12(18)7-20-10-3-1-8(2-4-10)16-13(19)11-5-9(17)6-15-11/h1-4,9,11,15,17H,5-7H2,(H2,14,18)(H,16,19). The lowest BCUT2D eigenvalue weighted by atomic mass is 10.2. The Morgan fingerprint density at radius 1 is 1.40 bits per heavy atom. The van der Waals surface area contributed by atoms with Crippen molar-refractivity contribution in [3.05, 3.63) is 24.3 Å². The van der Waals surface area contributed by atoms with Crippen molar-refractivity contribution < 1.29 is 19.4 Å². The van der Waals surface area contributed by atoms with Gasteiger partial charge in [0.15, 0.2) is 6.61 Å². The topological polar surface area (TPSA) is 114 Å². The number of hydrogen-bond acceptors (Lipinski definition) is 5. The number of β-amino-alcohol motifs (C(OH)–C–C–N with tert-alkyl or cyclic N) is 1. The molecule has 2 unspecified atom stereocenters. The van der Waals surface area contributed by atoms with Gasteiger partial charge in [-0.05, 0) is 30.7 Å². The van der Waals surface area contributed by atoms with Crippen LogP contribution in [0.5, 0.6) is 5.75 Å². The third-order valence-corrected chi connectivity index (χ3v) is 2.93. The van der Waals surface area contributed by atoms with Crippen molar-refractivity contribution in [3.8, 4) is 5.75 Å². The molecule has 7 heteroatoms. The molecule has 1 fully saturated rings. The van der Waals surface area contributed by atoms with Crippen LogP contribution in [0, 0.1) is 0 Å². The highest BCUT2D eigenvalue weighted by atomic mass is 16.5. The van der Waals surface area contributed by atoms with Crippen LogP contribution in [-0.2, 0) is 9.59 Å². The molecule has 5 N–H and O–H groups in total. The maximum Gasteiger partial charge on any atom is 0.255 e. The van der Waals surface area contributed by atoms with Crippen LogP contribution in [0.15, 0.2) is 24.3 Å². The van der Waals surface area contributed by atoms with Gasteiger partial charge >= 0.3 is 0 Å². The number of ether oxygens (including phenoxy) is 1. The van der Waals surface area contributed by atoms with Crippen molar-refractivity contribution in [3.63, 3.8) is 0 Å². The smallest absolute Gasteiger partial charge is 0.255 e. The Labute approximate surface area is 116 Å². The summed E-state index contributed by atoms with van der Waals surface area (Å²) in [5, 5.41) is 15.0. The van der Waals surface area contributed by atoms with Crippen molar-refractivity contribution in [1.82, 2.24) is 5.32 Å². The number of carbonyl (C=O) groups is 2. The summed E-state index contributed by atoms with van der Waals surface area (Å²) >= 11 is 0. The lowest BCUT2D eigenvalue weighted by Crippen LogP contribution is -2.35. The van der Waals surface area contributed by atoms with E-state index in [-0.39, 0.29) is 18.6 Å². The first kappa shape index (κ1) is 14.3. The largest absolute Gasteiger partial charge is 0.484 e. The van der Waals surface area contributed by atoms with Gasteiger partial charge in [-0.2, -0.15) is 0 Å². The predicted molar refractivity (Wildman–Crippen MR) is 72.2 cm³/mol. The molecule has 1 aliphatic rings. The fourth-order valence-electron chi connectivity index (χ4n) is 1.94. The number of nitrogens with one attached hydrogen (secondary N) is 2. The zero-order valence-corrected chi connectivity index (χ0v) is 10.8. The minimum atomic E-state index is -0.548. The van der Waals surface area contributed by atoms with Crippen LogP contribution in [0.25, 0.3) is 0 Å². The number of rotatable bonds is 5. The van der Waals surface area contributed by atoms with Crippen LogP contribution in [0.4, 0.5) is 5.69 Å². The zero-order valence-electron chi connectivity index (χ0n) is 10.8. The number of primary amides is 1. The fraction of sp³-hybridized carbons (Fsp3) is 0.385. The van der Waals surface area contributed by atoms with Gasteiger partial charge in [0, 0.05) is 12.2 Å². The highest BCUT2D eigenvalue weighted by molar-refractivity contribution is 5.95. The Morgan fingerprint density at radius 2 is 2.10 bits per heavy atom. The Kier molecular flexibility index (Phi) is 4.54. The lowest BCUT2D eigenvalue weighted by molar-refractivity contribution is -0.120. The maximum absolute atomic E-state index is 11.9. The maximum atomic E-state index is 11.9. The molecule has 108 valence electrons. The van der Waals surface area contributed by atoms with E-state index in [0.717, 1.165) is 0 Å². The van der Waals surface area contributed by atoms with Crippen molar-refractivity contribution in [1.29, 1.82) is 0 Å². The Hall–Kier alpha value is -2.12. The second kappa shape index (κ2) is 6.36. The number of carbonyl (C=O) groups excluding carboxylic acids is 2. The van der Waals surface area contributed by atoms with Crippen LogP contribution in [-0.4, -0.2) is 42.2 Å². The van der Waals surface area contributed by atoms with Crippen LogP contribution in [0.1, 0.15) is 6.42 Å². The van der Waals surface area contributed by atoms with Gasteiger partial charge in [0.05, 0.1) is 12.1 Å². The summed E-state index contributed by atoms with van der Waals surface area (Å²) in [6, 6.07) is 6.22. The molecule has 2 rings (SSSR count). The molecule has 0 saturated carbocycles. The summed E-state index contributed by atoms with van der Waals surface area (Å²) in [4.78, 5) is 22.5. The van der Waals surface area contributed by atoms with Gasteiger partial charge in [-0.3, -0.25) is 9.59 Å². The highest BCUT2D eigenvalue weighted by Crippen LogP contribution is 2.16. The molecule has 7 nitrogen and oxygen atoms in total. The molecule has 2 atom stereocenters. The summed E-state index contributed by atoms with van der Waals surface area (Å²) in [6.45, 7) is 0.244. The zero-order chi connectivity index (χ0) is 14.5. The minimum absolute atomic E-state index is 0.185. The van der Waals surface area contributed by atoms with Gasteiger partial charge in [-0.25, -0.2) is 0 Å². The fourth-order valence-corrected chi connectivity index (χ4v) is 1.94. The number of anilines is 1. The molecule has 1 aliphatic heterocycles. The van der Waals surface area contributed by atoms with E-state index in [9.17, 15) is 14.7 Å². The average Bonchev–Trinajstić information content (AvgIpc) is 2.85. The van der Waals surface area contributed by atoms with Gasteiger partial charge in [-0.15, -0.1) is 0 Å². The molecule has 0 aliphatic carbocycles. The van der Waals surface area contributed by atoms with Crippen molar-refractivity contribution in [2.45, 2.75) is 18.6 Å². The average molecular weight is 279 g/mol. The molecule has 1 aromatic rings. The first-order chi connectivity index (χ1) is 9.54. The molecule has 0 radical (unpaired) electrons. The predicted octanol–water partition coefficient (Wildman–Crippen LogP) is -0.788. The van der Waals surface area contributed by atoms with E-state index in [1.165, 1.54) is 0 Å². The van der Waals surface area contributed by atoms with Gasteiger partial charge in [0.1, 0.15) is 5.75 Å². The van der Waals surface area contributed by atoms with E-state index in [1.54, 1.807) is 24.3 Å². The van der Waals surface area contributed by atoms with Crippen LogP contribution in [0.2, 0.25) is 0 Å². The Morgan fingerprint density at radius 3 is 2.65 bits per heavy atom. The van der Waals surface area contributed by atoms with Crippen LogP contribution >= 0.6 is 0 Å².